The van der Waals surface area contributed by atoms with Crippen LogP contribution in [-0.2, 0) is 4.74 Å². The minimum Gasteiger partial charge on any atom is -0.375 e. The molecular weight excluding hydrogens is 283 g/mol. The molecule has 0 bridgehead atoms. The Morgan fingerprint density at radius 1 is 1.32 bits per heavy atom. The number of nitrogens with zero attached hydrogens (tertiary/aromatic N) is 1. The second-order valence-electron chi connectivity index (χ2n) is 4.68. The van der Waals surface area contributed by atoms with Gasteiger partial charge >= 0.3 is 0 Å². The van der Waals surface area contributed by atoms with Gasteiger partial charge in [-0.05, 0) is 35.9 Å². The molecule has 2 rings (SSSR count). The molecule has 1 amide bonds. The van der Waals surface area contributed by atoms with Gasteiger partial charge in [0.1, 0.15) is 5.82 Å². The Hall–Kier alpha value is -2.71. The number of carbonyl (C=O) groups excluding carboxylic acids is 1. The Kier molecular flexibility index (Phi) is 5.23. The molecule has 0 saturated carbocycles. The van der Waals surface area contributed by atoms with E-state index in [0.29, 0.717) is 16.7 Å². The minimum absolute atomic E-state index is 0.204. The van der Waals surface area contributed by atoms with Crippen molar-refractivity contribution < 1.29 is 13.9 Å². The average molecular weight is 298 g/mol. The lowest BCUT2D eigenvalue weighted by Gasteiger charge is -2.16. The van der Waals surface area contributed by atoms with Gasteiger partial charge in [-0.2, -0.15) is 5.26 Å². The molecule has 112 valence electrons. The lowest BCUT2D eigenvalue weighted by Crippen LogP contribution is -2.29. The molecule has 1 N–H and O–H groups in total. The van der Waals surface area contributed by atoms with Gasteiger partial charge in [-0.3, -0.25) is 4.79 Å². The summed E-state index contributed by atoms with van der Waals surface area (Å²) in [6, 6.07) is 14.4. The van der Waals surface area contributed by atoms with Crippen LogP contribution >= 0.6 is 0 Å². The number of halogens is 1. The van der Waals surface area contributed by atoms with E-state index >= 15 is 0 Å². The van der Waals surface area contributed by atoms with Crippen molar-refractivity contribution in [2.45, 2.75) is 6.10 Å². The number of methoxy groups -OCH3 is 1. The number of hydrogen-bond donors (Lipinski definition) is 1. The Balaban J connectivity index is 2.04. The van der Waals surface area contributed by atoms with Crippen molar-refractivity contribution in [2.24, 2.45) is 0 Å². The standard InChI is InChI=1S/C17H15FN2O2/c1-22-16(13-5-3-7-15(18)9-13)11-20-17(21)14-6-2-4-12(8-14)10-19/h2-9,16H,11H2,1H3,(H,20,21)/t16-/m0/s1. The molecule has 2 aromatic carbocycles. The first-order valence-electron chi connectivity index (χ1n) is 6.70. The Labute approximate surface area is 128 Å². The first-order valence-corrected chi connectivity index (χ1v) is 6.70. The van der Waals surface area contributed by atoms with Gasteiger partial charge in [0.15, 0.2) is 0 Å². The summed E-state index contributed by atoms with van der Waals surface area (Å²) in [5.74, 6) is -0.664. The Bertz CT molecular complexity index is 710. The zero-order valence-corrected chi connectivity index (χ0v) is 12.0. The summed E-state index contributed by atoms with van der Waals surface area (Å²) in [6.07, 6.45) is -0.446. The quantitative estimate of drug-likeness (QED) is 0.923. The molecule has 0 aliphatic carbocycles. The van der Waals surface area contributed by atoms with Crippen molar-refractivity contribution in [3.8, 4) is 6.07 Å². The normalized spacial score (nSPS) is 11.5. The van der Waals surface area contributed by atoms with Crippen LogP contribution in [0.25, 0.3) is 0 Å². The summed E-state index contributed by atoms with van der Waals surface area (Å²) in [4.78, 5) is 12.1. The largest absolute Gasteiger partial charge is 0.375 e. The topological polar surface area (TPSA) is 62.1 Å². The minimum atomic E-state index is -0.446. The molecule has 2 aromatic rings. The van der Waals surface area contributed by atoms with E-state index in [1.807, 2.05) is 6.07 Å². The lowest BCUT2D eigenvalue weighted by molar-refractivity contribution is 0.0827. The molecule has 0 heterocycles. The van der Waals surface area contributed by atoms with Crippen molar-refractivity contribution in [1.29, 1.82) is 5.26 Å². The van der Waals surface area contributed by atoms with E-state index in [0.717, 1.165) is 0 Å². The molecule has 0 radical (unpaired) electrons. The first kappa shape index (κ1) is 15.7. The van der Waals surface area contributed by atoms with Crippen LogP contribution in [0.15, 0.2) is 48.5 Å². The molecule has 0 aromatic heterocycles. The third-order valence-corrected chi connectivity index (χ3v) is 3.21. The molecule has 0 aliphatic rings. The van der Waals surface area contributed by atoms with Gasteiger partial charge in [-0.15, -0.1) is 0 Å². The van der Waals surface area contributed by atoms with Crippen LogP contribution in [0.5, 0.6) is 0 Å². The van der Waals surface area contributed by atoms with Gasteiger partial charge in [0.25, 0.3) is 5.91 Å². The third kappa shape index (κ3) is 3.90. The van der Waals surface area contributed by atoms with Crippen LogP contribution < -0.4 is 5.32 Å². The third-order valence-electron chi connectivity index (χ3n) is 3.21. The Morgan fingerprint density at radius 3 is 2.77 bits per heavy atom. The van der Waals surface area contributed by atoms with E-state index in [1.54, 1.807) is 30.3 Å². The van der Waals surface area contributed by atoms with E-state index in [1.165, 1.54) is 25.3 Å². The highest BCUT2D eigenvalue weighted by Gasteiger charge is 2.14. The molecule has 0 unspecified atom stereocenters. The summed E-state index contributed by atoms with van der Waals surface area (Å²) in [5.41, 5.74) is 1.46. The zero-order chi connectivity index (χ0) is 15.9. The van der Waals surface area contributed by atoms with Crippen LogP contribution in [0.2, 0.25) is 0 Å². The van der Waals surface area contributed by atoms with Gasteiger partial charge in [-0.1, -0.05) is 18.2 Å². The van der Waals surface area contributed by atoms with Crippen LogP contribution in [-0.4, -0.2) is 19.6 Å². The van der Waals surface area contributed by atoms with Crippen LogP contribution in [0.4, 0.5) is 4.39 Å². The number of nitrogens with one attached hydrogen (secondary N) is 1. The van der Waals surface area contributed by atoms with Gasteiger partial charge in [0.05, 0.1) is 17.7 Å². The van der Waals surface area contributed by atoms with Crippen LogP contribution in [0, 0.1) is 17.1 Å². The molecule has 0 saturated heterocycles. The fraction of sp³-hybridized carbons (Fsp3) is 0.176. The molecule has 0 spiro atoms. The number of nitriles is 1. The van der Waals surface area contributed by atoms with E-state index < -0.39 is 6.10 Å². The predicted molar refractivity (Wildman–Crippen MR) is 79.6 cm³/mol. The Morgan fingerprint density at radius 2 is 2.09 bits per heavy atom. The molecule has 22 heavy (non-hydrogen) atoms. The van der Waals surface area contributed by atoms with Crippen molar-refractivity contribution in [1.82, 2.24) is 5.32 Å². The summed E-state index contributed by atoms with van der Waals surface area (Å²) in [7, 11) is 1.50. The number of amides is 1. The summed E-state index contributed by atoms with van der Waals surface area (Å²) in [5, 5.41) is 11.6. The molecular formula is C17H15FN2O2. The van der Waals surface area contributed by atoms with E-state index in [4.69, 9.17) is 10.00 Å². The number of hydrogen-bond acceptors (Lipinski definition) is 3. The average Bonchev–Trinajstić information content (AvgIpc) is 2.55. The second-order valence-corrected chi connectivity index (χ2v) is 4.68. The maximum absolute atomic E-state index is 13.2. The van der Waals surface area contributed by atoms with E-state index in [9.17, 15) is 9.18 Å². The van der Waals surface area contributed by atoms with Gasteiger partial charge < -0.3 is 10.1 Å². The first-order chi connectivity index (χ1) is 10.6. The highest BCUT2D eigenvalue weighted by Crippen LogP contribution is 2.17. The van der Waals surface area contributed by atoms with E-state index in [-0.39, 0.29) is 18.3 Å². The van der Waals surface area contributed by atoms with Crippen molar-refractivity contribution in [3.63, 3.8) is 0 Å². The van der Waals surface area contributed by atoms with Gasteiger partial charge in [0, 0.05) is 19.2 Å². The second kappa shape index (κ2) is 7.34. The van der Waals surface area contributed by atoms with Crippen molar-refractivity contribution in [3.05, 3.63) is 71.0 Å². The zero-order valence-electron chi connectivity index (χ0n) is 12.0. The number of benzene rings is 2. The van der Waals surface area contributed by atoms with Gasteiger partial charge in [-0.25, -0.2) is 4.39 Å². The number of carbonyl (C=O) groups is 1. The maximum Gasteiger partial charge on any atom is 0.251 e. The monoisotopic (exact) mass is 298 g/mol. The number of ether oxygens (including phenoxy) is 1. The molecule has 1 atom stereocenters. The molecule has 0 aliphatic heterocycles. The van der Waals surface area contributed by atoms with Crippen LogP contribution in [0.1, 0.15) is 27.6 Å². The fourth-order valence-corrected chi connectivity index (χ4v) is 2.06. The lowest BCUT2D eigenvalue weighted by atomic mass is 10.1. The highest BCUT2D eigenvalue weighted by atomic mass is 19.1. The molecule has 4 nitrogen and oxygen atoms in total. The SMILES string of the molecule is CO[C@@H](CNC(=O)c1cccc(C#N)c1)c1cccc(F)c1. The van der Waals surface area contributed by atoms with Gasteiger partial charge in [0.2, 0.25) is 0 Å². The summed E-state index contributed by atoms with van der Waals surface area (Å²) < 4.78 is 18.5. The van der Waals surface area contributed by atoms with Crippen molar-refractivity contribution in [2.75, 3.05) is 13.7 Å². The van der Waals surface area contributed by atoms with Crippen LogP contribution in [0.3, 0.4) is 0 Å². The number of rotatable bonds is 5. The highest BCUT2D eigenvalue weighted by molar-refractivity contribution is 5.94. The fourth-order valence-electron chi connectivity index (χ4n) is 2.06. The smallest absolute Gasteiger partial charge is 0.251 e. The predicted octanol–water partition coefficient (Wildman–Crippen LogP) is 2.81. The summed E-state index contributed by atoms with van der Waals surface area (Å²) >= 11 is 0. The molecule has 0 fully saturated rings. The molecule has 5 heteroatoms. The van der Waals surface area contributed by atoms with E-state index in [2.05, 4.69) is 5.32 Å². The van der Waals surface area contributed by atoms with Crippen molar-refractivity contribution >= 4 is 5.91 Å². The summed E-state index contributed by atoms with van der Waals surface area (Å²) in [6.45, 7) is 0.204. The maximum atomic E-state index is 13.2.